The van der Waals surface area contributed by atoms with Gasteiger partial charge in [0.15, 0.2) is 0 Å². The molecule has 0 saturated heterocycles. The largest absolute Gasteiger partial charge is 0.306 e. The maximum Gasteiger partial charge on any atom is 0.103 e. The normalized spacial score (nSPS) is 12.0. The van der Waals surface area contributed by atoms with Crippen molar-refractivity contribution in [3.63, 3.8) is 0 Å². The average Bonchev–Trinajstić information content (AvgIpc) is 4.15. The number of rotatable bonds is 4. The lowest BCUT2D eigenvalue weighted by molar-refractivity contribution is 1.01. The summed E-state index contributed by atoms with van der Waals surface area (Å²) in [6.45, 7) is 0. The van der Waals surface area contributed by atoms with Crippen molar-refractivity contribution in [3.8, 4) is 34.9 Å². The zero-order valence-electron chi connectivity index (χ0n) is 37.5. The molecule has 4 aromatic heterocycles. The van der Waals surface area contributed by atoms with Crippen LogP contribution in [0.25, 0.3) is 132 Å². The zero-order valence-corrected chi connectivity index (χ0v) is 37.5. The van der Waals surface area contributed by atoms with E-state index in [1.807, 2.05) is 0 Å². The lowest BCUT2D eigenvalue weighted by Crippen LogP contribution is -2.17. The van der Waals surface area contributed by atoms with Gasteiger partial charge in [0.05, 0.1) is 78.0 Å². The third kappa shape index (κ3) is 4.93. The van der Waals surface area contributed by atoms with E-state index in [-0.39, 0.29) is 11.1 Å². The van der Waals surface area contributed by atoms with Crippen molar-refractivity contribution in [2.45, 2.75) is 0 Å². The fourth-order valence-corrected chi connectivity index (χ4v) is 12.1. The summed E-state index contributed by atoms with van der Waals surface area (Å²) in [6, 6.07) is 82.5. The van der Waals surface area contributed by atoms with E-state index >= 15 is 0 Å². The highest BCUT2D eigenvalue weighted by Gasteiger charge is 2.35. The Morgan fingerprint density at radius 3 is 0.814 bits per heavy atom. The van der Waals surface area contributed by atoms with E-state index < -0.39 is 0 Å². The summed E-state index contributed by atoms with van der Waals surface area (Å²) in [7, 11) is 0. The minimum Gasteiger partial charge on any atom is -0.306 e. The molecule has 0 aliphatic heterocycles. The van der Waals surface area contributed by atoms with E-state index in [2.05, 4.69) is 249 Å². The van der Waals surface area contributed by atoms with Crippen LogP contribution in [-0.4, -0.2) is 18.3 Å². The second-order valence-corrected chi connectivity index (χ2v) is 18.2. The van der Waals surface area contributed by atoms with Gasteiger partial charge in [0.2, 0.25) is 0 Å². The van der Waals surface area contributed by atoms with Gasteiger partial charge in [-0.15, -0.1) is 0 Å². The summed E-state index contributed by atoms with van der Waals surface area (Å²) in [5, 5.41) is 37.5. The standard InChI is InChI=1S/C64H36N6/c65-37-49-50(38-66)62(70-56-32-16-10-26-48(56)60-42-20-4-2-18-40(42)34-36-58(60)70)64(68-53-29-13-7-23-45(53)46-24-8-14-30-54(46)68)63(67-51-27-11-5-21-43(51)44-22-6-12-28-52(44)67)61(49)69-55-31-15-9-25-47(55)59-41-19-3-1-17-39(41)33-35-57(59)69/h1-36H. The van der Waals surface area contributed by atoms with Gasteiger partial charge in [-0.05, 0) is 70.1 Å². The summed E-state index contributed by atoms with van der Waals surface area (Å²) in [4.78, 5) is 0. The molecule has 0 bridgehead atoms. The van der Waals surface area contributed by atoms with Gasteiger partial charge in [0, 0.05) is 43.1 Å². The predicted molar refractivity (Wildman–Crippen MR) is 288 cm³/mol. The summed E-state index contributed by atoms with van der Waals surface area (Å²) in [5.41, 5.74) is 11.0. The molecule has 0 aliphatic rings. The summed E-state index contributed by atoms with van der Waals surface area (Å²) >= 11 is 0. The van der Waals surface area contributed by atoms with Crippen LogP contribution >= 0.6 is 0 Å². The highest BCUT2D eigenvalue weighted by Crippen LogP contribution is 2.50. The molecule has 0 N–H and O–H groups in total. The lowest BCUT2D eigenvalue weighted by atomic mass is 9.98. The number of hydrogen-bond acceptors (Lipinski definition) is 2. The fraction of sp³-hybridized carbons (Fsp3) is 0. The van der Waals surface area contributed by atoms with Crippen LogP contribution < -0.4 is 0 Å². The van der Waals surface area contributed by atoms with Crippen molar-refractivity contribution < 1.29 is 0 Å². The fourth-order valence-electron chi connectivity index (χ4n) is 12.1. The van der Waals surface area contributed by atoms with Crippen LogP contribution in [-0.2, 0) is 0 Å². The Kier molecular flexibility index (Phi) is 7.82. The topological polar surface area (TPSA) is 67.3 Å². The second kappa shape index (κ2) is 14.3. The first-order valence-electron chi connectivity index (χ1n) is 23.6. The van der Waals surface area contributed by atoms with Crippen molar-refractivity contribution in [1.29, 1.82) is 10.5 Å². The van der Waals surface area contributed by atoms with Crippen LogP contribution in [0.2, 0.25) is 0 Å². The van der Waals surface area contributed by atoms with Gasteiger partial charge in [-0.2, -0.15) is 10.5 Å². The molecule has 0 radical (unpaired) electrons. The van der Waals surface area contributed by atoms with E-state index in [0.717, 1.165) is 120 Å². The Morgan fingerprint density at radius 1 is 0.229 bits per heavy atom. The predicted octanol–water partition coefficient (Wildman–Crippen LogP) is 16.1. The minimum atomic E-state index is 0.279. The summed E-state index contributed by atoms with van der Waals surface area (Å²) < 4.78 is 9.29. The molecule has 0 aliphatic carbocycles. The first kappa shape index (κ1) is 38.2. The maximum atomic E-state index is 12.2. The SMILES string of the molecule is N#Cc1c(C#N)c(-n2c3ccccc3c3c4ccccc4ccc32)c(-n2c3ccccc3c3ccccc32)c(-n2c3ccccc3c3ccccc32)c1-n1c2ccccc2c2c3ccccc3ccc21. The van der Waals surface area contributed by atoms with Crippen LogP contribution in [0.4, 0.5) is 0 Å². The van der Waals surface area contributed by atoms with Gasteiger partial charge in [-0.1, -0.05) is 170 Å². The molecule has 15 aromatic rings. The molecule has 4 heterocycles. The Labute approximate surface area is 400 Å². The molecule has 0 fully saturated rings. The molecular formula is C64H36N6. The number of fused-ring (bicyclic) bond motifs is 16. The molecule has 0 unspecified atom stereocenters. The Hall–Kier alpha value is -9.88. The van der Waals surface area contributed by atoms with E-state index in [0.29, 0.717) is 11.4 Å². The summed E-state index contributed by atoms with van der Waals surface area (Å²) in [5.74, 6) is 0. The van der Waals surface area contributed by atoms with E-state index in [1.165, 1.54) is 0 Å². The van der Waals surface area contributed by atoms with Crippen LogP contribution in [0.15, 0.2) is 218 Å². The third-order valence-corrected chi connectivity index (χ3v) is 14.8. The number of benzene rings is 11. The molecule has 6 heteroatoms. The molecule has 0 atom stereocenters. The molecule has 322 valence electrons. The van der Waals surface area contributed by atoms with Crippen LogP contribution in [0.1, 0.15) is 11.1 Å². The molecule has 15 rings (SSSR count). The van der Waals surface area contributed by atoms with Crippen LogP contribution in [0, 0.1) is 22.7 Å². The molecule has 0 amide bonds. The third-order valence-electron chi connectivity index (χ3n) is 14.8. The van der Waals surface area contributed by atoms with Crippen molar-refractivity contribution in [2.75, 3.05) is 0 Å². The number of hydrogen-bond donors (Lipinski definition) is 0. The first-order valence-corrected chi connectivity index (χ1v) is 23.6. The van der Waals surface area contributed by atoms with E-state index in [1.54, 1.807) is 0 Å². The molecule has 6 nitrogen and oxygen atoms in total. The number of nitrogens with zero attached hydrogens (tertiary/aromatic N) is 6. The number of aromatic nitrogens is 4. The highest BCUT2D eigenvalue weighted by molar-refractivity contribution is 6.24. The van der Waals surface area contributed by atoms with Crippen molar-refractivity contribution in [2.24, 2.45) is 0 Å². The van der Waals surface area contributed by atoms with E-state index in [9.17, 15) is 10.5 Å². The highest BCUT2D eigenvalue weighted by atomic mass is 15.1. The van der Waals surface area contributed by atoms with E-state index in [4.69, 9.17) is 0 Å². The van der Waals surface area contributed by atoms with Gasteiger partial charge >= 0.3 is 0 Å². The zero-order chi connectivity index (χ0) is 46.2. The Bertz CT molecular complexity index is 4450. The molecule has 0 spiro atoms. The lowest BCUT2D eigenvalue weighted by Gasteiger charge is -2.27. The van der Waals surface area contributed by atoms with Crippen molar-refractivity contribution in [3.05, 3.63) is 230 Å². The molecule has 70 heavy (non-hydrogen) atoms. The molecule has 0 saturated carbocycles. The van der Waals surface area contributed by atoms with Crippen LogP contribution in [0.3, 0.4) is 0 Å². The number of nitriles is 2. The van der Waals surface area contributed by atoms with Gasteiger partial charge in [0.25, 0.3) is 0 Å². The Balaban J connectivity index is 1.30. The molecule has 11 aromatic carbocycles. The van der Waals surface area contributed by atoms with Crippen molar-refractivity contribution >= 4 is 109 Å². The maximum absolute atomic E-state index is 12.2. The van der Waals surface area contributed by atoms with Crippen LogP contribution in [0.5, 0.6) is 0 Å². The van der Waals surface area contributed by atoms with Gasteiger partial charge in [-0.25, -0.2) is 0 Å². The Morgan fingerprint density at radius 2 is 0.486 bits per heavy atom. The first-order chi connectivity index (χ1) is 34.7. The monoisotopic (exact) mass is 888 g/mol. The van der Waals surface area contributed by atoms with Gasteiger partial charge in [0.1, 0.15) is 12.1 Å². The smallest absolute Gasteiger partial charge is 0.103 e. The molecular weight excluding hydrogens is 853 g/mol. The van der Waals surface area contributed by atoms with Crippen molar-refractivity contribution in [1.82, 2.24) is 18.3 Å². The summed E-state index contributed by atoms with van der Waals surface area (Å²) in [6.07, 6.45) is 0. The number of para-hydroxylation sites is 6. The minimum absolute atomic E-state index is 0.279. The second-order valence-electron chi connectivity index (χ2n) is 18.2. The van der Waals surface area contributed by atoms with Gasteiger partial charge < -0.3 is 18.3 Å². The average molecular weight is 889 g/mol. The van der Waals surface area contributed by atoms with Gasteiger partial charge in [-0.3, -0.25) is 0 Å². The quantitative estimate of drug-likeness (QED) is 0.177.